The van der Waals surface area contributed by atoms with Gasteiger partial charge in [-0.3, -0.25) is 4.79 Å². The molecule has 180 valence electrons. The lowest BCUT2D eigenvalue weighted by Crippen LogP contribution is -2.21. The smallest absolute Gasteiger partial charge is 0.339 e. The molecule has 0 amide bonds. The normalized spacial score (nSPS) is 11.4. The molecule has 2 aromatic carbocycles. The van der Waals surface area contributed by atoms with Crippen LogP contribution in [0.15, 0.2) is 12.1 Å². The Kier molecular flexibility index (Phi) is 8.25. The van der Waals surface area contributed by atoms with E-state index in [0.717, 1.165) is 0 Å². The maximum absolute atomic E-state index is 13.4. The van der Waals surface area contributed by atoms with E-state index in [1.165, 1.54) is 0 Å². The quantitative estimate of drug-likeness (QED) is 0.170. The van der Waals surface area contributed by atoms with Crippen LogP contribution >= 0.6 is 10.8 Å². The van der Waals surface area contributed by atoms with Crippen LogP contribution in [0.5, 0.6) is 11.5 Å². The zero-order valence-corrected chi connectivity index (χ0v) is 16.9. The summed E-state index contributed by atoms with van der Waals surface area (Å²) in [4.78, 5) is 23.0. The molecule has 0 aliphatic rings. The van der Waals surface area contributed by atoms with E-state index in [-0.39, 0.29) is 12.1 Å². The minimum absolute atomic E-state index is 0.177. The fourth-order valence-corrected chi connectivity index (χ4v) is 3.52. The molecule has 0 aliphatic heterocycles. The molecule has 2 rings (SSSR count). The van der Waals surface area contributed by atoms with Crippen LogP contribution in [0.2, 0.25) is 0 Å². The second kappa shape index (κ2) is 10.3. The Morgan fingerprint density at radius 2 is 1.06 bits per heavy atom. The molecule has 0 N–H and O–H groups in total. The Balaban J connectivity index is 1.95. The molecule has 2 aromatic rings. The van der Waals surface area contributed by atoms with E-state index in [4.69, 9.17) is 0 Å². The molecule has 0 saturated carbocycles. The Morgan fingerprint density at radius 3 is 1.45 bits per heavy atom. The Labute approximate surface area is 181 Å². The summed E-state index contributed by atoms with van der Waals surface area (Å²) in [6, 6.07) is -0.362. The van der Waals surface area contributed by atoms with Crippen molar-refractivity contribution in [3.05, 3.63) is 58.7 Å². The lowest BCUT2D eigenvalue weighted by molar-refractivity contribution is -0.137. The van der Waals surface area contributed by atoms with E-state index in [0.29, 0.717) is 0 Å². The van der Waals surface area contributed by atoms with E-state index in [1.54, 1.807) is 0 Å². The van der Waals surface area contributed by atoms with Crippen molar-refractivity contribution >= 4 is 31.9 Å². The highest BCUT2D eigenvalue weighted by molar-refractivity contribution is 8.70. The summed E-state index contributed by atoms with van der Waals surface area (Å²) in [6.45, 7) is -1.60. The SMILES string of the molecule is O=C(COS(=O)(=O)SCC(=O)Oc1c(F)c(F)cc(F)c1F)Oc1c(F)c(F)cc(F)c1F. The minimum atomic E-state index is -4.89. The van der Waals surface area contributed by atoms with Crippen LogP contribution in [0, 0.1) is 46.5 Å². The van der Waals surface area contributed by atoms with Crippen LogP contribution in [0.1, 0.15) is 0 Å². The predicted octanol–water partition coefficient (Wildman–Crippen LogP) is 3.31. The van der Waals surface area contributed by atoms with Gasteiger partial charge in [-0.05, 0) is 0 Å². The number of carbonyl (C=O) groups excluding carboxylic acids is 2. The Morgan fingerprint density at radius 1 is 0.697 bits per heavy atom. The predicted molar refractivity (Wildman–Crippen MR) is 91.1 cm³/mol. The van der Waals surface area contributed by atoms with Crippen LogP contribution in [0.3, 0.4) is 0 Å². The Bertz CT molecular complexity index is 1080. The Hall–Kier alpha value is -2.92. The van der Waals surface area contributed by atoms with Gasteiger partial charge in [0.1, 0.15) is 5.75 Å². The van der Waals surface area contributed by atoms with Gasteiger partial charge in [-0.1, -0.05) is 0 Å². The van der Waals surface area contributed by atoms with Crippen LogP contribution in [0.25, 0.3) is 0 Å². The third-order valence-corrected chi connectivity index (χ3v) is 5.77. The van der Waals surface area contributed by atoms with Crippen molar-refractivity contribution in [3.63, 3.8) is 0 Å². The zero-order valence-electron chi connectivity index (χ0n) is 15.3. The van der Waals surface area contributed by atoms with Gasteiger partial charge in [0, 0.05) is 22.9 Å². The molecule has 0 aromatic heterocycles. The van der Waals surface area contributed by atoms with Gasteiger partial charge in [0.05, 0.1) is 0 Å². The van der Waals surface area contributed by atoms with E-state index < -0.39 is 102 Å². The summed E-state index contributed by atoms with van der Waals surface area (Å²) >= 11 is 0. The zero-order chi connectivity index (χ0) is 25.1. The van der Waals surface area contributed by atoms with Gasteiger partial charge >= 0.3 is 21.1 Å². The van der Waals surface area contributed by atoms with Crippen molar-refractivity contribution in [1.29, 1.82) is 0 Å². The number of esters is 2. The highest BCUT2D eigenvalue weighted by Gasteiger charge is 2.26. The van der Waals surface area contributed by atoms with Crippen molar-refractivity contribution in [3.8, 4) is 11.5 Å². The lowest BCUT2D eigenvalue weighted by Gasteiger charge is -2.09. The van der Waals surface area contributed by atoms with Gasteiger partial charge in [-0.2, -0.15) is 26.0 Å². The number of hydrogen-bond acceptors (Lipinski definition) is 8. The number of benzene rings is 2. The van der Waals surface area contributed by atoms with Crippen molar-refractivity contribution in [2.75, 3.05) is 12.4 Å². The van der Waals surface area contributed by atoms with Gasteiger partial charge in [0.2, 0.25) is 34.8 Å². The first-order valence-corrected chi connectivity index (χ1v) is 10.8. The molecule has 0 heterocycles. The average molecular weight is 526 g/mol. The first-order valence-electron chi connectivity index (χ1n) is 7.84. The lowest BCUT2D eigenvalue weighted by atomic mass is 10.3. The second-order valence-electron chi connectivity index (χ2n) is 5.48. The molecule has 17 heteroatoms. The minimum Gasteiger partial charge on any atom is -0.419 e. The molecule has 0 atom stereocenters. The fraction of sp³-hybridized carbons (Fsp3) is 0.125. The van der Waals surface area contributed by atoms with E-state index in [1.807, 2.05) is 0 Å². The van der Waals surface area contributed by atoms with Crippen LogP contribution in [-0.2, 0) is 22.9 Å². The highest BCUT2D eigenvalue weighted by atomic mass is 33.1. The number of rotatable bonds is 8. The monoisotopic (exact) mass is 526 g/mol. The summed E-state index contributed by atoms with van der Waals surface area (Å²) in [5.41, 5.74) is 0. The number of carbonyl (C=O) groups is 2. The summed E-state index contributed by atoms with van der Waals surface area (Å²) in [5.74, 6) is -24.5. The molecule has 0 bridgehead atoms. The van der Waals surface area contributed by atoms with Crippen molar-refractivity contribution in [2.24, 2.45) is 0 Å². The standard InChI is InChI=1S/C16H6F8O7S2/c17-5-1-6(18)12(22)15(11(5)21)30-9(25)3-29-33(27,28)32-4-10(26)31-16-13(23)7(19)2-8(20)14(16)24/h1-2H,3-4H2. The number of ether oxygens (including phenoxy) is 2. The summed E-state index contributed by atoms with van der Waals surface area (Å²) < 4.78 is 141. The first-order chi connectivity index (χ1) is 15.2. The number of hydrogen-bond donors (Lipinski definition) is 0. The molecule has 33 heavy (non-hydrogen) atoms. The van der Waals surface area contributed by atoms with E-state index in [9.17, 15) is 53.1 Å². The molecular weight excluding hydrogens is 520 g/mol. The average Bonchev–Trinajstić information content (AvgIpc) is 2.74. The second-order valence-corrected chi connectivity index (χ2v) is 8.98. The van der Waals surface area contributed by atoms with Crippen molar-refractivity contribution in [2.45, 2.75) is 0 Å². The molecular formula is C16H6F8O7S2. The summed E-state index contributed by atoms with van der Waals surface area (Å²) in [5, 5.41) is 0. The third-order valence-electron chi connectivity index (χ3n) is 3.22. The summed E-state index contributed by atoms with van der Waals surface area (Å²) in [6.07, 6.45) is 0. The maximum Gasteiger partial charge on any atom is 0.339 e. The van der Waals surface area contributed by atoms with E-state index >= 15 is 0 Å². The van der Waals surface area contributed by atoms with Crippen molar-refractivity contribution < 1.29 is 66.8 Å². The topological polar surface area (TPSA) is 96.0 Å². The first kappa shape index (κ1) is 26.3. The van der Waals surface area contributed by atoms with Gasteiger partial charge in [-0.25, -0.2) is 26.5 Å². The number of halogens is 8. The van der Waals surface area contributed by atoms with E-state index in [2.05, 4.69) is 13.7 Å². The molecule has 7 nitrogen and oxygen atoms in total. The molecule has 0 aliphatic carbocycles. The fourth-order valence-electron chi connectivity index (χ4n) is 1.84. The molecule has 0 fully saturated rings. The van der Waals surface area contributed by atoms with Crippen LogP contribution in [-0.4, -0.2) is 32.7 Å². The van der Waals surface area contributed by atoms with Gasteiger partial charge in [-0.15, -0.1) is 0 Å². The van der Waals surface area contributed by atoms with Gasteiger partial charge < -0.3 is 9.47 Å². The molecule has 0 spiro atoms. The largest absolute Gasteiger partial charge is 0.419 e. The maximum atomic E-state index is 13.4. The third kappa shape index (κ3) is 6.55. The highest BCUT2D eigenvalue weighted by Crippen LogP contribution is 2.28. The van der Waals surface area contributed by atoms with Crippen LogP contribution < -0.4 is 9.47 Å². The van der Waals surface area contributed by atoms with Gasteiger partial charge in [0.15, 0.2) is 29.9 Å². The van der Waals surface area contributed by atoms with Gasteiger partial charge in [0.25, 0.3) is 0 Å². The molecule has 0 radical (unpaired) electrons. The molecule has 0 saturated heterocycles. The van der Waals surface area contributed by atoms with Crippen LogP contribution in [0.4, 0.5) is 35.1 Å². The molecule has 0 unspecified atom stereocenters. The summed E-state index contributed by atoms with van der Waals surface area (Å²) in [7, 11) is -5.33. The van der Waals surface area contributed by atoms with Crippen molar-refractivity contribution in [1.82, 2.24) is 0 Å².